The Morgan fingerprint density at radius 1 is 1.19 bits per heavy atom. The van der Waals surface area contributed by atoms with Gasteiger partial charge in [-0.1, -0.05) is 6.92 Å². The van der Waals surface area contributed by atoms with Crippen LogP contribution in [0.25, 0.3) is 0 Å². The quantitative estimate of drug-likeness (QED) is 0.698. The summed E-state index contributed by atoms with van der Waals surface area (Å²) in [5.41, 5.74) is 0. The van der Waals surface area contributed by atoms with E-state index in [1.54, 1.807) is 0 Å². The van der Waals surface area contributed by atoms with Crippen molar-refractivity contribution in [2.75, 3.05) is 26.2 Å². The first-order valence-corrected chi connectivity index (χ1v) is 6.90. The van der Waals surface area contributed by atoms with Crippen molar-refractivity contribution in [1.82, 2.24) is 10.6 Å². The summed E-state index contributed by atoms with van der Waals surface area (Å²) in [6.45, 7) is 6.51. The zero-order valence-electron chi connectivity index (χ0n) is 10.5. The normalized spacial score (nSPS) is 32.1. The van der Waals surface area contributed by atoms with Crippen LogP contribution in [0.1, 0.15) is 39.0 Å². The molecule has 3 heteroatoms. The summed E-state index contributed by atoms with van der Waals surface area (Å²) >= 11 is 0. The molecular weight excluding hydrogens is 200 g/mol. The molecule has 1 saturated heterocycles. The molecule has 2 unspecified atom stereocenters. The number of rotatable bonds is 5. The second kappa shape index (κ2) is 6.58. The highest BCUT2D eigenvalue weighted by Gasteiger charge is 2.20. The summed E-state index contributed by atoms with van der Waals surface area (Å²) in [5.74, 6) is 0.919. The lowest BCUT2D eigenvalue weighted by Crippen LogP contribution is -2.35. The lowest BCUT2D eigenvalue weighted by molar-refractivity contribution is 0.0339. The summed E-state index contributed by atoms with van der Waals surface area (Å²) < 4.78 is 5.87. The zero-order valence-corrected chi connectivity index (χ0v) is 10.5. The molecule has 0 bridgehead atoms. The Bertz CT molecular complexity index is 186. The van der Waals surface area contributed by atoms with Crippen molar-refractivity contribution in [2.45, 2.75) is 51.2 Å². The van der Waals surface area contributed by atoms with Crippen molar-refractivity contribution >= 4 is 0 Å². The van der Waals surface area contributed by atoms with Crippen LogP contribution in [0, 0.1) is 5.92 Å². The SMILES string of the molecule is CC1CCC(NCCOC2CCNCC2)C1. The Labute approximate surface area is 99.3 Å². The standard InChI is InChI=1S/C13H26N2O/c1-11-2-3-12(10-11)15-8-9-16-13-4-6-14-7-5-13/h11-15H,2-10H2,1H3. The van der Waals surface area contributed by atoms with E-state index in [4.69, 9.17) is 4.74 Å². The maximum absolute atomic E-state index is 5.87. The maximum Gasteiger partial charge on any atom is 0.0600 e. The average molecular weight is 226 g/mol. The Kier molecular flexibility index (Phi) is 5.07. The fraction of sp³-hybridized carbons (Fsp3) is 1.00. The van der Waals surface area contributed by atoms with E-state index in [1.165, 1.54) is 32.1 Å². The molecule has 1 aliphatic heterocycles. The van der Waals surface area contributed by atoms with E-state index >= 15 is 0 Å². The minimum Gasteiger partial charge on any atom is -0.377 e. The minimum atomic E-state index is 0.505. The van der Waals surface area contributed by atoms with Gasteiger partial charge < -0.3 is 15.4 Å². The third-order valence-electron chi connectivity index (χ3n) is 3.87. The maximum atomic E-state index is 5.87. The molecule has 0 amide bonds. The zero-order chi connectivity index (χ0) is 11.2. The molecule has 2 rings (SSSR count). The second-order valence-electron chi connectivity index (χ2n) is 5.39. The van der Waals surface area contributed by atoms with E-state index in [0.29, 0.717) is 6.10 Å². The third-order valence-corrected chi connectivity index (χ3v) is 3.87. The van der Waals surface area contributed by atoms with Gasteiger partial charge in [0, 0.05) is 12.6 Å². The lowest BCUT2D eigenvalue weighted by Gasteiger charge is -2.23. The van der Waals surface area contributed by atoms with Gasteiger partial charge in [-0.05, 0) is 51.1 Å². The highest BCUT2D eigenvalue weighted by atomic mass is 16.5. The molecule has 2 atom stereocenters. The topological polar surface area (TPSA) is 33.3 Å². The molecule has 0 aromatic heterocycles. The van der Waals surface area contributed by atoms with Crippen LogP contribution in [0.2, 0.25) is 0 Å². The number of hydrogen-bond donors (Lipinski definition) is 2. The molecule has 0 aromatic rings. The molecule has 16 heavy (non-hydrogen) atoms. The predicted octanol–water partition coefficient (Wildman–Crippen LogP) is 1.53. The van der Waals surface area contributed by atoms with Gasteiger partial charge in [-0.15, -0.1) is 0 Å². The van der Waals surface area contributed by atoms with Gasteiger partial charge in [-0.2, -0.15) is 0 Å². The highest BCUT2D eigenvalue weighted by Crippen LogP contribution is 2.24. The van der Waals surface area contributed by atoms with Gasteiger partial charge >= 0.3 is 0 Å². The monoisotopic (exact) mass is 226 g/mol. The summed E-state index contributed by atoms with van der Waals surface area (Å²) in [6.07, 6.45) is 6.97. The Morgan fingerprint density at radius 3 is 2.69 bits per heavy atom. The average Bonchev–Trinajstić information content (AvgIpc) is 2.72. The van der Waals surface area contributed by atoms with Crippen molar-refractivity contribution < 1.29 is 4.74 Å². The van der Waals surface area contributed by atoms with E-state index in [1.807, 2.05) is 0 Å². The van der Waals surface area contributed by atoms with E-state index in [9.17, 15) is 0 Å². The van der Waals surface area contributed by atoms with Gasteiger partial charge in [0.1, 0.15) is 0 Å². The van der Waals surface area contributed by atoms with Crippen LogP contribution >= 0.6 is 0 Å². The van der Waals surface area contributed by atoms with Gasteiger partial charge in [0.05, 0.1) is 12.7 Å². The van der Waals surface area contributed by atoms with Gasteiger partial charge in [0.25, 0.3) is 0 Å². The molecule has 2 aliphatic rings. The van der Waals surface area contributed by atoms with Crippen molar-refractivity contribution in [2.24, 2.45) is 5.92 Å². The molecule has 1 heterocycles. The summed E-state index contributed by atoms with van der Waals surface area (Å²) in [6, 6.07) is 0.756. The fourth-order valence-corrected chi connectivity index (χ4v) is 2.84. The minimum absolute atomic E-state index is 0.505. The van der Waals surface area contributed by atoms with Crippen molar-refractivity contribution in [1.29, 1.82) is 0 Å². The van der Waals surface area contributed by atoms with Crippen LogP contribution in [0.3, 0.4) is 0 Å². The van der Waals surface area contributed by atoms with Crippen LogP contribution in [0.5, 0.6) is 0 Å². The van der Waals surface area contributed by atoms with E-state index in [-0.39, 0.29) is 0 Å². The van der Waals surface area contributed by atoms with Crippen LogP contribution in [0.15, 0.2) is 0 Å². The number of hydrogen-bond acceptors (Lipinski definition) is 3. The van der Waals surface area contributed by atoms with Crippen molar-refractivity contribution in [3.05, 3.63) is 0 Å². The fourth-order valence-electron chi connectivity index (χ4n) is 2.84. The predicted molar refractivity (Wildman–Crippen MR) is 66.6 cm³/mol. The van der Waals surface area contributed by atoms with E-state index in [0.717, 1.165) is 38.2 Å². The van der Waals surface area contributed by atoms with Crippen LogP contribution in [0.4, 0.5) is 0 Å². The van der Waals surface area contributed by atoms with Gasteiger partial charge in [-0.25, -0.2) is 0 Å². The molecule has 0 spiro atoms. The number of piperidine rings is 1. The summed E-state index contributed by atoms with van der Waals surface area (Å²) in [7, 11) is 0. The van der Waals surface area contributed by atoms with Gasteiger partial charge in [0.15, 0.2) is 0 Å². The number of nitrogens with one attached hydrogen (secondary N) is 2. The first kappa shape index (κ1) is 12.3. The summed E-state index contributed by atoms with van der Waals surface area (Å²) in [4.78, 5) is 0. The summed E-state index contributed by atoms with van der Waals surface area (Å²) in [5, 5.41) is 6.97. The van der Waals surface area contributed by atoms with Gasteiger partial charge in [-0.3, -0.25) is 0 Å². The highest BCUT2D eigenvalue weighted by molar-refractivity contribution is 4.78. The molecule has 1 saturated carbocycles. The molecule has 1 aliphatic carbocycles. The van der Waals surface area contributed by atoms with E-state index in [2.05, 4.69) is 17.6 Å². The first-order valence-electron chi connectivity index (χ1n) is 6.90. The smallest absolute Gasteiger partial charge is 0.0600 e. The Hall–Kier alpha value is -0.120. The van der Waals surface area contributed by atoms with Crippen LogP contribution < -0.4 is 10.6 Å². The van der Waals surface area contributed by atoms with E-state index < -0.39 is 0 Å². The lowest BCUT2D eigenvalue weighted by atomic mass is 10.1. The molecule has 3 nitrogen and oxygen atoms in total. The number of ether oxygens (including phenoxy) is 1. The Morgan fingerprint density at radius 2 is 2.00 bits per heavy atom. The molecular formula is C13H26N2O. The molecule has 94 valence electrons. The molecule has 0 radical (unpaired) electrons. The largest absolute Gasteiger partial charge is 0.377 e. The van der Waals surface area contributed by atoms with Crippen molar-refractivity contribution in [3.63, 3.8) is 0 Å². The van der Waals surface area contributed by atoms with Crippen molar-refractivity contribution in [3.8, 4) is 0 Å². The Balaban J connectivity index is 1.48. The van der Waals surface area contributed by atoms with Crippen LogP contribution in [-0.4, -0.2) is 38.4 Å². The molecule has 2 N–H and O–H groups in total. The molecule has 2 fully saturated rings. The van der Waals surface area contributed by atoms with Crippen LogP contribution in [-0.2, 0) is 4.74 Å². The first-order chi connectivity index (χ1) is 7.84. The third kappa shape index (κ3) is 4.04. The molecule has 0 aromatic carbocycles. The van der Waals surface area contributed by atoms with Gasteiger partial charge in [0.2, 0.25) is 0 Å². The second-order valence-corrected chi connectivity index (χ2v) is 5.39.